The second-order valence-electron chi connectivity index (χ2n) is 5.68. The van der Waals surface area contributed by atoms with Crippen molar-refractivity contribution in [3.05, 3.63) is 18.2 Å². The summed E-state index contributed by atoms with van der Waals surface area (Å²) in [5.41, 5.74) is 7.22. The van der Waals surface area contributed by atoms with E-state index >= 15 is 0 Å². The molecule has 0 bridgehead atoms. The van der Waals surface area contributed by atoms with Crippen molar-refractivity contribution < 1.29 is 0 Å². The Morgan fingerprint density at radius 2 is 2.22 bits per heavy atom. The van der Waals surface area contributed by atoms with Crippen LogP contribution < -0.4 is 5.73 Å². The van der Waals surface area contributed by atoms with Crippen molar-refractivity contribution in [2.45, 2.75) is 44.7 Å². The lowest BCUT2D eigenvalue weighted by Gasteiger charge is -2.40. The van der Waals surface area contributed by atoms with E-state index in [1.807, 2.05) is 19.6 Å². The van der Waals surface area contributed by atoms with Gasteiger partial charge in [0.15, 0.2) is 0 Å². The van der Waals surface area contributed by atoms with Crippen LogP contribution in [0.3, 0.4) is 0 Å². The van der Waals surface area contributed by atoms with Gasteiger partial charge in [-0.2, -0.15) is 0 Å². The number of nitrogens with zero attached hydrogens (tertiary/aromatic N) is 3. The fourth-order valence-corrected chi connectivity index (χ4v) is 3.32. The van der Waals surface area contributed by atoms with E-state index in [0.717, 1.165) is 5.92 Å². The van der Waals surface area contributed by atoms with E-state index in [0.29, 0.717) is 12.6 Å². The van der Waals surface area contributed by atoms with Gasteiger partial charge in [0.25, 0.3) is 0 Å². The minimum atomic E-state index is 0.281. The molecule has 0 aromatic carbocycles. The van der Waals surface area contributed by atoms with Gasteiger partial charge in [-0.3, -0.25) is 4.90 Å². The Kier molecular flexibility index (Phi) is 4.40. The van der Waals surface area contributed by atoms with E-state index in [1.165, 1.54) is 31.4 Å². The van der Waals surface area contributed by atoms with Crippen molar-refractivity contribution in [2.75, 3.05) is 13.6 Å². The minimum Gasteiger partial charge on any atom is -0.336 e. The topological polar surface area (TPSA) is 47.1 Å². The number of aromatic nitrogens is 2. The van der Waals surface area contributed by atoms with Gasteiger partial charge >= 0.3 is 0 Å². The predicted molar refractivity (Wildman–Crippen MR) is 74.2 cm³/mol. The van der Waals surface area contributed by atoms with Gasteiger partial charge in [0.1, 0.15) is 0 Å². The zero-order chi connectivity index (χ0) is 13.1. The standard InChI is InChI=1S/C14H26N4/c1-11-6-4-5-7-12(11)18(3)13(8-15)14-9-16-10-17(14)2/h9-13H,4-8,15H2,1-3H3. The van der Waals surface area contributed by atoms with Crippen molar-refractivity contribution in [2.24, 2.45) is 18.7 Å². The number of aryl methyl sites for hydroxylation is 1. The molecule has 3 unspecified atom stereocenters. The van der Waals surface area contributed by atoms with Crippen molar-refractivity contribution in [3.63, 3.8) is 0 Å². The van der Waals surface area contributed by atoms with Gasteiger partial charge in [-0.15, -0.1) is 0 Å². The van der Waals surface area contributed by atoms with E-state index in [-0.39, 0.29) is 6.04 Å². The molecule has 1 aliphatic carbocycles. The van der Waals surface area contributed by atoms with Crippen LogP contribution in [0.25, 0.3) is 0 Å². The summed E-state index contributed by atoms with van der Waals surface area (Å²) in [6.45, 7) is 3.02. The number of hydrogen-bond acceptors (Lipinski definition) is 3. The van der Waals surface area contributed by atoms with Crippen LogP contribution in [0.2, 0.25) is 0 Å². The zero-order valence-electron chi connectivity index (χ0n) is 11.8. The molecule has 0 aliphatic heterocycles. The van der Waals surface area contributed by atoms with Gasteiger partial charge in [-0.1, -0.05) is 19.8 Å². The first-order chi connectivity index (χ1) is 8.65. The SMILES string of the molecule is CC1CCCCC1N(C)C(CN)c1cncn1C. The largest absolute Gasteiger partial charge is 0.336 e. The van der Waals surface area contributed by atoms with Gasteiger partial charge < -0.3 is 10.3 Å². The Bertz CT molecular complexity index is 374. The molecule has 18 heavy (non-hydrogen) atoms. The first kappa shape index (κ1) is 13.6. The summed E-state index contributed by atoms with van der Waals surface area (Å²) in [4.78, 5) is 6.69. The lowest BCUT2D eigenvalue weighted by Crippen LogP contribution is -2.44. The average molecular weight is 250 g/mol. The second kappa shape index (κ2) is 5.85. The first-order valence-corrected chi connectivity index (χ1v) is 7.03. The second-order valence-corrected chi connectivity index (χ2v) is 5.68. The molecule has 102 valence electrons. The Morgan fingerprint density at radius 3 is 2.78 bits per heavy atom. The van der Waals surface area contributed by atoms with Gasteiger partial charge in [0.2, 0.25) is 0 Å². The maximum atomic E-state index is 6.00. The van der Waals surface area contributed by atoms with E-state index in [4.69, 9.17) is 5.73 Å². The highest BCUT2D eigenvalue weighted by Gasteiger charge is 2.30. The molecule has 1 aromatic rings. The van der Waals surface area contributed by atoms with Crippen LogP contribution >= 0.6 is 0 Å². The summed E-state index contributed by atoms with van der Waals surface area (Å²) in [6.07, 6.45) is 9.17. The average Bonchev–Trinajstić information content (AvgIpc) is 2.77. The van der Waals surface area contributed by atoms with Crippen molar-refractivity contribution >= 4 is 0 Å². The number of imidazole rings is 1. The number of likely N-dealkylation sites (N-methyl/N-ethyl adjacent to an activating group) is 1. The van der Waals surface area contributed by atoms with Gasteiger partial charge in [0, 0.05) is 25.8 Å². The molecular weight excluding hydrogens is 224 g/mol. The Hall–Kier alpha value is -0.870. The molecule has 0 radical (unpaired) electrons. The number of hydrogen-bond donors (Lipinski definition) is 1. The molecule has 0 saturated heterocycles. The predicted octanol–water partition coefficient (Wildman–Crippen LogP) is 1.93. The molecule has 1 saturated carbocycles. The first-order valence-electron chi connectivity index (χ1n) is 7.03. The zero-order valence-corrected chi connectivity index (χ0v) is 11.8. The van der Waals surface area contributed by atoms with Crippen LogP contribution in [0.5, 0.6) is 0 Å². The van der Waals surface area contributed by atoms with E-state index in [1.54, 1.807) is 0 Å². The Labute approximate surface area is 110 Å². The van der Waals surface area contributed by atoms with Crippen molar-refractivity contribution in [1.82, 2.24) is 14.5 Å². The van der Waals surface area contributed by atoms with Crippen molar-refractivity contribution in [1.29, 1.82) is 0 Å². The molecule has 2 N–H and O–H groups in total. The monoisotopic (exact) mass is 250 g/mol. The third-order valence-corrected chi connectivity index (χ3v) is 4.50. The van der Waals surface area contributed by atoms with Crippen LogP contribution in [-0.2, 0) is 7.05 Å². The quantitative estimate of drug-likeness (QED) is 0.888. The van der Waals surface area contributed by atoms with Gasteiger partial charge in [-0.25, -0.2) is 4.98 Å². The van der Waals surface area contributed by atoms with Crippen molar-refractivity contribution in [3.8, 4) is 0 Å². The van der Waals surface area contributed by atoms with Gasteiger partial charge in [-0.05, 0) is 25.8 Å². The molecule has 3 atom stereocenters. The van der Waals surface area contributed by atoms with Crippen LogP contribution in [0, 0.1) is 5.92 Å². The van der Waals surface area contributed by atoms with Crippen LogP contribution in [-0.4, -0.2) is 34.1 Å². The van der Waals surface area contributed by atoms with Gasteiger partial charge in [0.05, 0.1) is 18.1 Å². The van der Waals surface area contributed by atoms with E-state index < -0.39 is 0 Å². The van der Waals surface area contributed by atoms with Crippen LogP contribution in [0.1, 0.15) is 44.3 Å². The van der Waals surface area contributed by atoms with E-state index in [2.05, 4.69) is 28.4 Å². The molecule has 0 spiro atoms. The summed E-state index contributed by atoms with van der Waals surface area (Å²) >= 11 is 0. The maximum absolute atomic E-state index is 6.00. The minimum absolute atomic E-state index is 0.281. The summed E-state index contributed by atoms with van der Waals surface area (Å²) < 4.78 is 2.08. The molecule has 4 heteroatoms. The molecule has 1 aliphatic rings. The third-order valence-electron chi connectivity index (χ3n) is 4.50. The highest BCUT2D eigenvalue weighted by Crippen LogP contribution is 2.31. The summed E-state index contributed by atoms with van der Waals surface area (Å²) in [7, 11) is 4.26. The molecule has 2 rings (SSSR count). The molecule has 1 fully saturated rings. The summed E-state index contributed by atoms with van der Waals surface area (Å²) in [5.74, 6) is 0.769. The Morgan fingerprint density at radius 1 is 1.50 bits per heavy atom. The van der Waals surface area contributed by atoms with Crippen LogP contribution in [0.4, 0.5) is 0 Å². The number of rotatable bonds is 4. The highest BCUT2D eigenvalue weighted by atomic mass is 15.2. The fourth-order valence-electron chi connectivity index (χ4n) is 3.32. The molecule has 1 heterocycles. The summed E-state index contributed by atoms with van der Waals surface area (Å²) in [6, 6.07) is 0.935. The molecule has 4 nitrogen and oxygen atoms in total. The Balaban J connectivity index is 2.14. The molecular formula is C14H26N4. The summed E-state index contributed by atoms with van der Waals surface area (Å²) in [5, 5.41) is 0. The highest BCUT2D eigenvalue weighted by molar-refractivity contribution is 5.06. The lowest BCUT2D eigenvalue weighted by atomic mass is 9.84. The maximum Gasteiger partial charge on any atom is 0.0946 e. The number of nitrogens with two attached hydrogens (primary N) is 1. The lowest BCUT2D eigenvalue weighted by molar-refractivity contribution is 0.0961. The fraction of sp³-hybridized carbons (Fsp3) is 0.786. The molecule has 1 aromatic heterocycles. The normalized spacial score (nSPS) is 26.5. The van der Waals surface area contributed by atoms with Crippen LogP contribution in [0.15, 0.2) is 12.5 Å². The smallest absolute Gasteiger partial charge is 0.0946 e. The third kappa shape index (κ3) is 2.59. The van der Waals surface area contributed by atoms with E-state index in [9.17, 15) is 0 Å². The molecule has 0 amide bonds.